The van der Waals surface area contributed by atoms with E-state index < -0.39 is 0 Å². The average Bonchev–Trinajstić information content (AvgIpc) is 2.45. The lowest BCUT2D eigenvalue weighted by Crippen LogP contribution is -2.44. The first-order valence-corrected chi connectivity index (χ1v) is 6.66. The Hall–Kier alpha value is -1.60. The number of hydrogen-bond donors (Lipinski definition) is 1. The van der Waals surface area contributed by atoms with E-state index in [0.717, 1.165) is 50.5 Å². The molecule has 2 heterocycles. The van der Waals surface area contributed by atoms with Gasteiger partial charge in [0.1, 0.15) is 0 Å². The smallest absolute Gasteiger partial charge is 0.225 e. The van der Waals surface area contributed by atoms with Gasteiger partial charge in [-0.1, -0.05) is 25.2 Å². The number of hydrogen-bond acceptors (Lipinski definition) is 4. The Morgan fingerprint density at radius 3 is 2.67 bits per heavy atom. The summed E-state index contributed by atoms with van der Waals surface area (Å²) in [6.07, 6.45) is 6.95. The molecule has 18 heavy (non-hydrogen) atoms. The summed E-state index contributed by atoms with van der Waals surface area (Å²) < 4.78 is 0. The predicted molar refractivity (Wildman–Crippen MR) is 73.5 cm³/mol. The van der Waals surface area contributed by atoms with Crippen LogP contribution in [0.25, 0.3) is 0 Å². The Morgan fingerprint density at radius 2 is 2.00 bits per heavy atom. The van der Waals surface area contributed by atoms with Crippen LogP contribution in [-0.4, -0.2) is 36.1 Å². The maximum Gasteiger partial charge on any atom is 0.225 e. The zero-order valence-electron chi connectivity index (χ0n) is 10.9. The molecule has 2 rings (SSSR count). The van der Waals surface area contributed by atoms with Gasteiger partial charge in [0.05, 0.1) is 5.56 Å². The molecule has 1 aromatic heterocycles. The molecule has 4 heteroatoms. The predicted octanol–water partition coefficient (Wildman–Crippen LogP) is 1.43. The van der Waals surface area contributed by atoms with Crippen LogP contribution in [0.1, 0.15) is 31.7 Å². The minimum Gasteiger partial charge on any atom is -0.338 e. The fourth-order valence-electron chi connectivity index (χ4n) is 1.84. The van der Waals surface area contributed by atoms with E-state index in [0.29, 0.717) is 0 Å². The molecule has 0 amide bonds. The van der Waals surface area contributed by atoms with Gasteiger partial charge in [0.25, 0.3) is 0 Å². The van der Waals surface area contributed by atoms with Gasteiger partial charge in [-0.05, 0) is 6.42 Å². The van der Waals surface area contributed by atoms with Crippen molar-refractivity contribution in [3.63, 3.8) is 0 Å². The molecule has 1 aliphatic heterocycles. The van der Waals surface area contributed by atoms with Crippen molar-refractivity contribution in [1.82, 2.24) is 15.3 Å². The van der Waals surface area contributed by atoms with E-state index in [9.17, 15) is 0 Å². The van der Waals surface area contributed by atoms with Crippen LogP contribution in [0, 0.1) is 11.8 Å². The summed E-state index contributed by atoms with van der Waals surface area (Å²) in [6, 6.07) is 0. The van der Waals surface area contributed by atoms with Crippen molar-refractivity contribution in [2.75, 3.05) is 31.1 Å². The van der Waals surface area contributed by atoms with Gasteiger partial charge in [-0.25, -0.2) is 9.97 Å². The first-order chi connectivity index (χ1) is 8.90. The van der Waals surface area contributed by atoms with Crippen molar-refractivity contribution in [1.29, 1.82) is 0 Å². The third-order valence-electron chi connectivity index (χ3n) is 2.93. The Bertz CT molecular complexity index is 410. The van der Waals surface area contributed by atoms with Gasteiger partial charge in [0, 0.05) is 45.0 Å². The number of nitrogens with one attached hydrogen (secondary N) is 1. The molecule has 0 spiro atoms. The van der Waals surface area contributed by atoms with Crippen LogP contribution < -0.4 is 10.2 Å². The molecule has 0 unspecified atom stereocenters. The van der Waals surface area contributed by atoms with Crippen LogP contribution in [0.5, 0.6) is 0 Å². The van der Waals surface area contributed by atoms with E-state index in [-0.39, 0.29) is 0 Å². The number of anilines is 1. The van der Waals surface area contributed by atoms with Crippen LogP contribution in [0.4, 0.5) is 5.95 Å². The summed E-state index contributed by atoms with van der Waals surface area (Å²) in [5.74, 6) is 7.07. The monoisotopic (exact) mass is 244 g/mol. The first kappa shape index (κ1) is 12.8. The molecule has 0 aromatic carbocycles. The quantitative estimate of drug-likeness (QED) is 0.645. The lowest BCUT2D eigenvalue weighted by atomic mass is 10.2. The third-order valence-corrected chi connectivity index (χ3v) is 2.93. The molecule has 1 saturated heterocycles. The zero-order valence-corrected chi connectivity index (χ0v) is 10.9. The van der Waals surface area contributed by atoms with Gasteiger partial charge in [-0.15, -0.1) is 0 Å². The Kier molecular flexibility index (Phi) is 4.98. The molecule has 4 nitrogen and oxygen atoms in total. The molecular formula is C14H20N4. The van der Waals surface area contributed by atoms with Crippen molar-refractivity contribution in [2.45, 2.75) is 26.2 Å². The van der Waals surface area contributed by atoms with E-state index in [1.54, 1.807) is 0 Å². The summed E-state index contributed by atoms with van der Waals surface area (Å²) in [5, 5.41) is 3.32. The van der Waals surface area contributed by atoms with Gasteiger partial charge >= 0.3 is 0 Å². The van der Waals surface area contributed by atoms with Crippen molar-refractivity contribution in [2.24, 2.45) is 0 Å². The first-order valence-electron chi connectivity index (χ1n) is 6.66. The van der Waals surface area contributed by atoms with E-state index in [4.69, 9.17) is 0 Å². The maximum atomic E-state index is 4.39. The van der Waals surface area contributed by atoms with Gasteiger partial charge < -0.3 is 10.2 Å². The highest BCUT2D eigenvalue weighted by Crippen LogP contribution is 2.07. The number of rotatable bonds is 3. The molecule has 1 aliphatic rings. The largest absolute Gasteiger partial charge is 0.338 e. The normalized spacial score (nSPS) is 15.1. The summed E-state index contributed by atoms with van der Waals surface area (Å²) in [4.78, 5) is 11.0. The highest BCUT2D eigenvalue weighted by Gasteiger charge is 2.11. The fourth-order valence-corrected chi connectivity index (χ4v) is 1.84. The second kappa shape index (κ2) is 6.97. The van der Waals surface area contributed by atoms with E-state index in [1.165, 1.54) is 6.42 Å². The molecule has 1 aromatic rings. The number of unbranched alkanes of at least 4 members (excludes halogenated alkanes) is 2. The molecular weight excluding hydrogens is 224 g/mol. The van der Waals surface area contributed by atoms with Crippen molar-refractivity contribution in [3.05, 3.63) is 18.0 Å². The van der Waals surface area contributed by atoms with Gasteiger partial charge in [0.15, 0.2) is 0 Å². The second-order valence-corrected chi connectivity index (χ2v) is 4.41. The van der Waals surface area contributed by atoms with E-state index in [2.05, 4.69) is 38.9 Å². The van der Waals surface area contributed by atoms with Crippen LogP contribution in [-0.2, 0) is 0 Å². The van der Waals surface area contributed by atoms with Crippen LogP contribution >= 0.6 is 0 Å². The fraction of sp³-hybridized carbons (Fsp3) is 0.571. The van der Waals surface area contributed by atoms with Crippen LogP contribution in [0.15, 0.2) is 12.4 Å². The second-order valence-electron chi connectivity index (χ2n) is 4.41. The van der Waals surface area contributed by atoms with Crippen LogP contribution in [0.3, 0.4) is 0 Å². The maximum absolute atomic E-state index is 4.39. The molecule has 0 saturated carbocycles. The Balaban J connectivity index is 1.93. The molecule has 0 atom stereocenters. The number of aromatic nitrogens is 2. The average molecular weight is 244 g/mol. The van der Waals surface area contributed by atoms with Crippen molar-refractivity contribution < 1.29 is 0 Å². The minimum absolute atomic E-state index is 0.815. The minimum atomic E-state index is 0.815. The Labute approximate surface area is 109 Å². The third kappa shape index (κ3) is 3.71. The molecule has 0 bridgehead atoms. The summed E-state index contributed by atoms with van der Waals surface area (Å²) >= 11 is 0. The molecule has 0 aliphatic carbocycles. The molecule has 1 N–H and O–H groups in total. The number of nitrogens with zero attached hydrogens (tertiary/aromatic N) is 3. The van der Waals surface area contributed by atoms with Gasteiger partial charge in [0.2, 0.25) is 5.95 Å². The lowest BCUT2D eigenvalue weighted by molar-refractivity contribution is 0.580. The molecule has 1 fully saturated rings. The summed E-state index contributed by atoms with van der Waals surface area (Å²) in [6.45, 7) is 6.12. The van der Waals surface area contributed by atoms with Gasteiger partial charge in [-0.3, -0.25) is 0 Å². The highest BCUT2D eigenvalue weighted by atomic mass is 15.3. The van der Waals surface area contributed by atoms with Crippen LogP contribution in [0.2, 0.25) is 0 Å². The molecule has 0 radical (unpaired) electrons. The van der Waals surface area contributed by atoms with E-state index >= 15 is 0 Å². The molecule has 96 valence electrons. The van der Waals surface area contributed by atoms with Crippen molar-refractivity contribution >= 4 is 5.95 Å². The summed E-state index contributed by atoms with van der Waals surface area (Å²) in [5.41, 5.74) is 0.907. The standard InChI is InChI=1S/C14H20N4/c1-2-3-4-5-6-13-11-16-14(17-12-13)18-9-7-15-8-10-18/h11-12,15H,2-4,7-10H2,1H3. The SMILES string of the molecule is CCCCC#Cc1cnc(N2CCNCC2)nc1. The highest BCUT2D eigenvalue weighted by molar-refractivity contribution is 5.36. The van der Waals surface area contributed by atoms with Gasteiger partial charge in [-0.2, -0.15) is 0 Å². The lowest BCUT2D eigenvalue weighted by Gasteiger charge is -2.27. The topological polar surface area (TPSA) is 41.1 Å². The van der Waals surface area contributed by atoms with E-state index in [1.807, 2.05) is 12.4 Å². The summed E-state index contributed by atoms with van der Waals surface area (Å²) in [7, 11) is 0. The Morgan fingerprint density at radius 1 is 1.28 bits per heavy atom. The zero-order chi connectivity index (χ0) is 12.6. The van der Waals surface area contributed by atoms with Crippen molar-refractivity contribution in [3.8, 4) is 11.8 Å². The number of piperazine rings is 1.